The Balaban J connectivity index is 2.37. The van der Waals surface area contributed by atoms with Crippen molar-refractivity contribution in [2.45, 2.75) is 39.7 Å². The Hall–Kier alpha value is -1.55. The minimum absolute atomic E-state index is 0.0643. The van der Waals surface area contributed by atoms with Gasteiger partial charge < -0.3 is 10.8 Å². The molecule has 0 fully saturated rings. The van der Waals surface area contributed by atoms with E-state index in [1.807, 2.05) is 12.1 Å². The van der Waals surface area contributed by atoms with Crippen molar-refractivity contribution in [3.05, 3.63) is 29.3 Å². The second-order valence-electron chi connectivity index (χ2n) is 6.46. The maximum absolute atomic E-state index is 11.2. The predicted octanol–water partition coefficient (Wildman–Crippen LogP) is 3.16. The monoisotopic (exact) mass is 262 g/mol. The molecule has 1 unspecified atom stereocenters. The molecule has 1 atom stereocenters. The Labute approximate surface area is 114 Å². The summed E-state index contributed by atoms with van der Waals surface area (Å²) >= 11 is 0. The summed E-state index contributed by atoms with van der Waals surface area (Å²) in [6, 6.07) is 5.91. The third-order valence-electron chi connectivity index (χ3n) is 3.41. The van der Waals surface area contributed by atoms with Gasteiger partial charge in [0.15, 0.2) is 0 Å². The number of hydrogen-bond acceptors (Lipinski definition) is 2. The average Bonchev–Trinajstić information content (AvgIpc) is 2.27. The van der Waals surface area contributed by atoms with E-state index in [2.05, 4.69) is 26.8 Å². The molecule has 4 nitrogen and oxygen atoms in total. The van der Waals surface area contributed by atoms with Gasteiger partial charge in [-0.15, -0.1) is 0 Å². The van der Waals surface area contributed by atoms with Crippen LogP contribution < -0.4 is 10.6 Å². The largest absolute Gasteiger partial charge is 0.465 e. The van der Waals surface area contributed by atoms with Gasteiger partial charge in [-0.25, -0.2) is 4.79 Å². The number of hydrogen-bond donors (Lipinski definition) is 2. The number of carboxylic acid groups (broad SMARTS) is 1. The second kappa shape index (κ2) is 4.85. The summed E-state index contributed by atoms with van der Waals surface area (Å²) in [5, 5.41) is 9.21. The van der Waals surface area contributed by atoms with Gasteiger partial charge >= 0.3 is 6.09 Å². The smallest absolute Gasteiger partial charge is 0.411 e. The van der Waals surface area contributed by atoms with E-state index >= 15 is 0 Å². The molecule has 1 amide bonds. The maximum atomic E-state index is 11.2. The van der Waals surface area contributed by atoms with E-state index < -0.39 is 6.09 Å². The molecule has 0 bridgehead atoms. The molecular formula is C15H22N2O2. The first-order valence-corrected chi connectivity index (χ1v) is 6.67. The summed E-state index contributed by atoms with van der Waals surface area (Å²) in [5.74, 6) is 0. The second-order valence-corrected chi connectivity index (χ2v) is 6.46. The lowest BCUT2D eigenvalue weighted by molar-refractivity contribution is 0.201. The molecule has 1 heterocycles. The van der Waals surface area contributed by atoms with Gasteiger partial charge in [-0.1, -0.05) is 32.9 Å². The van der Waals surface area contributed by atoms with Crippen molar-refractivity contribution >= 4 is 11.8 Å². The van der Waals surface area contributed by atoms with E-state index in [4.69, 9.17) is 5.73 Å². The SMILES string of the molecule is CC(C)(C)Cc1ccc2c(c1)C(N)CCN2C(=O)O. The van der Waals surface area contributed by atoms with Crippen LogP contribution in [0.15, 0.2) is 18.2 Å². The first-order chi connectivity index (χ1) is 8.78. The number of nitrogens with two attached hydrogens (primary N) is 1. The van der Waals surface area contributed by atoms with Gasteiger partial charge in [-0.2, -0.15) is 0 Å². The lowest BCUT2D eigenvalue weighted by Gasteiger charge is -2.31. The van der Waals surface area contributed by atoms with Crippen LogP contribution in [-0.2, 0) is 6.42 Å². The van der Waals surface area contributed by atoms with Crippen LogP contribution >= 0.6 is 0 Å². The van der Waals surface area contributed by atoms with Gasteiger partial charge in [0.05, 0.1) is 5.69 Å². The lowest BCUT2D eigenvalue weighted by atomic mass is 9.86. The Morgan fingerprint density at radius 1 is 1.47 bits per heavy atom. The fraction of sp³-hybridized carbons (Fsp3) is 0.533. The Morgan fingerprint density at radius 3 is 2.74 bits per heavy atom. The van der Waals surface area contributed by atoms with E-state index in [0.717, 1.165) is 17.7 Å². The van der Waals surface area contributed by atoms with Crippen LogP contribution in [0.3, 0.4) is 0 Å². The van der Waals surface area contributed by atoms with Gasteiger partial charge in [0.1, 0.15) is 0 Å². The van der Waals surface area contributed by atoms with E-state index in [-0.39, 0.29) is 11.5 Å². The zero-order valence-electron chi connectivity index (χ0n) is 11.8. The molecule has 0 saturated heterocycles. The number of amides is 1. The normalized spacial score (nSPS) is 19.2. The highest BCUT2D eigenvalue weighted by Gasteiger charge is 2.27. The van der Waals surface area contributed by atoms with Crippen LogP contribution in [0.4, 0.5) is 10.5 Å². The Bertz CT molecular complexity index is 491. The van der Waals surface area contributed by atoms with Gasteiger partial charge in [-0.3, -0.25) is 4.90 Å². The van der Waals surface area contributed by atoms with Crippen molar-refractivity contribution in [1.82, 2.24) is 0 Å². The highest BCUT2D eigenvalue weighted by atomic mass is 16.4. The number of nitrogens with zero attached hydrogens (tertiary/aromatic N) is 1. The Kier molecular flexibility index (Phi) is 3.54. The molecule has 4 heteroatoms. The fourth-order valence-electron chi connectivity index (χ4n) is 2.61. The van der Waals surface area contributed by atoms with Crippen molar-refractivity contribution in [2.75, 3.05) is 11.4 Å². The van der Waals surface area contributed by atoms with Crippen molar-refractivity contribution in [3.63, 3.8) is 0 Å². The molecule has 1 aliphatic heterocycles. The van der Waals surface area contributed by atoms with E-state index in [9.17, 15) is 9.90 Å². The first kappa shape index (κ1) is 13.9. The summed E-state index contributed by atoms with van der Waals surface area (Å²) in [7, 11) is 0. The number of rotatable bonds is 1. The van der Waals surface area contributed by atoms with Gasteiger partial charge in [0, 0.05) is 12.6 Å². The minimum Gasteiger partial charge on any atom is -0.465 e. The van der Waals surface area contributed by atoms with Crippen molar-refractivity contribution in [2.24, 2.45) is 11.1 Å². The topological polar surface area (TPSA) is 66.6 Å². The summed E-state index contributed by atoms with van der Waals surface area (Å²) in [5.41, 5.74) is 9.24. The van der Waals surface area contributed by atoms with Crippen molar-refractivity contribution in [3.8, 4) is 0 Å². The summed E-state index contributed by atoms with van der Waals surface area (Å²) in [6.07, 6.45) is 0.731. The zero-order chi connectivity index (χ0) is 14.2. The molecule has 0 aliphatic carbocycles. The summed E-state index contributed by atoms with van der Waals surface area (Å²) < 4.78 is 0. The molecule has 0 aromatic heterocycles. The third kappa shape index (κ3) is 3.07. The number of benzene rings is 1. The molecule has 1 aliphatic rings. The zero-order valence-corrected chi connectivity index (χ0v) is 11.8. The van der Waals surface area contributed by atoms with Crippen LogP contribution in [0.2, 0.25) is 0 Å². The standard InChI is InChI=1S/C15H22N2O2/c1-15(2,3)9-10-4-5-13-11(8-10)12(16)6-7-17(13)14(18)19/h4-5,8,12H,6-7,9,16H2,1-3H3,(H,18,19). The molecule has 104 valence electrons. The van der Waals surface area contributed by atoms with Crippen molar-refractivity contribution < 1.29 is 9.90 Å². The van der Waals surface area contributed by atoms with Crippen LogP contribution in [0.1, 0.15) is 44.4 Å². The first-order valence-electron chi connectivity index (χ1n) is 6.67. The minimum atomic E-state index is -0.906. The number of anilines is 1. The van der Waals surface area contributed by atoms with Crippen LogP contribution in [-0.4, -0.2) is 17.7 Å². The van der Waals surface area contributed by atoms with Crippen LogP contribution in [0.5, 0.6) is 0 Å². The van der Waals surface area contributed by atoms with E-state index in [1.165, 1.54) is 10.5 Å². The summed E-state index contributed by atoms with van der Waals surface area (Å²) in [6.45, 7) is 7.05. The molecule has 1 aromatic carbocycles. The van der Waals surface area contributed by atoms with Crippen molar-refractivity contribution in [1.29, 1.82) is 0 Å². The molecule has 0 spiro atoms. The van der Waals surface area contributed by atoms with E-state index in [0.29, 0.717) is 13.0 Å². The third-order valence-corrected chi connectivity index (χ3v) is 3.41. The molecule has 0 radical (unpaired) electrons. The number of carbonyl (C=O) groups is 1. The fourth-order valence-corrected chi connectivity index (χ4v) is 2.61. The predicted molar refractivity (Wildman–Crippen MR) is 76.5 cm³/mol. The highest BCUT2D eigenvalue weighted by molar-refractivity contribution is 5.88. The molecule has 2 rings (SSSR count). The van der Waals surface area contributed by atoms with E-state index in [1.54, 1.807) is 0 Å². The quantitative estimate of drug-likeness (QED) is 0.817. The molecule has 19 heavy (non-hydrogen) atoms. The lowest BCUT2D eigenvalue weighted by Crippen LogP contribution is -2.37. The highest BCUT2D eigenvalue weighted by Crippen LogP contribution is 2.34. The Morgan fingerprint density at radius 2 is 2.16 bits per heavy atom. The van der Waals surface area contributed by atoms with Gasteiger partial charge in [0.25, 0.3) is 0 Å². The van der Waals surface area contributed by atoms with Gasteiger partial charge in [0.2, 0.25) is 0 Å². The molecule has 1 aromatic rings. The maximum Gasteiger partial charge on any atom is 0.411 e. The molecule has 3 N–H and O–H groups in total. The molecular weight excluding hydrogens is 240 g/mol. The number of fused-ring (bicyclic) bond motifs is 1. The summed E-state index contributed by atoms with van der Waals surface area (Å²) in [4.78, 5) is 12.6. The average molecular weight is 262 g/mol. The molecule has 0 saturated carbocycles. The van der Waals surface area contributed by atoms with Crippen LogP contribution in [0, 0.1) is 5.41 Å². The van der Waals surface area contributed by atoms with Gasteiger partial charge in [-0.05, 0) is 35.4 Å². The van der Waals surface area contributed by atoms with Crippen LogP contribution in [0.25, 0.3) is 0 Å².